The van der Waals surface area contributed by atoms with E-state index in [2.05, 4.69) is 0 Å². The van der Waals surface area contributed by atoms with Crippen molar-refractivity contribution in [3.05, 3.63) is 116 Å². The lowest BCUT2D eigenvalue weighted by atomic mass is 9.83. The number of aromatic hydroxyl groups is 1. The number of aromatic nitrogens is 4. The van der Waals surface area contributed by atoms with Crippen LogP contribution in [0.4, 0.5) is 5.82 Å². The molecule has 3 N–H and O–H groups in total. The largest absolute Gasteiger partial charge is 0.507 e. The van der Waals surface area contributed by atoms with Crippen molar-refractivity contribution in [3.8, 4) is 5.75 Å². The maximum atomic E-state index is 13.6. The predicted molar refractivity (Wildman–Crippen MR) is 145 cm³/mol. The summed E-state index contributed by atoms with van der Waals surface area (Å²) in [4.78, 5) is 36.1. The highest BCUT2D eigenvalue weighted by Crippen LogP contribution is 2.45. The summed E-state index contributed by atoms with van der Waals surface area (Å²) in [5, 5.41) is 13.1. The van der Waals surface area contributed by atoms with Crippen molar-refractivity contribution >= 4 is 38.7 Å². The zero-order valence-electron chi connectivity index (χ0n) is 20.2. The van der Waals surface area contributed by atoms with Crippen molar-refractivity contribution in [2.24, 2.45) is 14.1 Å². The third-order valence-corrected chi connectivity index (χ3v) is 6.97. The van der Waals surface area contributed by atoms with E-state index in [4.69, 9.17) is 15.7 Å². The number of nitrogens with two attached hydrogens (primary N) is 1. The summed E-state index contributed by atoms with van der Waals surface area (Å²) in [6.07, 6.45) is 0. The molecule has 1 atom stereocenters. The van der Waals surface area contributed by atoms with Crippen molar-refractivity contribution in [1.29, 1.82) is 0 Å². The minimum absolute atomic E-state index is 0.0168. The van der Waals surface area contributed by atoms with E-state index in [-0.39, 0.29) is 17.1 Å². The summed E-state index contributed by atoms with van der Waals surface area (Å²) in [6.45, 7) is 0. The van der Waals surface area contributed by atoms with Crippen molar-refractivity contribution < 1.29 is 5.11 Å². The Morgan fingerprint density at radius 3 is 1.97 bits per heavy atom. The molecule has 182 valence electrons. The van der Waals surface area contributed by atoms with E-state index in [9.17, 15) is 14.7 Å². The van der Waals surface area contributed by atoms with Gasteiger partial charge in [0, 0.05) is 36.3 Å². The Hall–Kier alpha value is -4.98. The monoisotopic (exact) mass is 489 g/mol. The van der Waals surface area contributed by atoms with Crippen LogP contribution in [0.5, 0.6) is 5.75 Å². The Labute approximate surface area is 210 Å². The SMILES string of the molecule is Cn1c(N)c(C(c2ccccc2)c2c(O)c3ccccc3c3nc4ccccc4nc23)c(=O)n(C)c1=O. The molecule has 0 spiro atoms. The van der Waals surface area contributed by atoms with Gasteiger partial charge in [0.1, 0.15) is 11.6 Å². The number of anilines is 1. The van der Waals surface area contributed by atoms with Crippen LogP contribution in [-0.4, -0.2) is 24.2 Å². The summed E-state index contributed by atoms with van der Waals surface area (Å²) in [5.41, 5.74) is 9.11. The average Bonchev–Trinajstić information content (AvgIpc) is 2.94. The van der Waals surface area contributed by atoms with Gasteiger partial charge in [-0.25, -0.2) is 14.8 Å². The van der Waals surface area contributed by atoms with Crippen LogP contribution in [0.3, 0.4) is 0 Å². The molecular weight excluding hydrogens is 466 g/mol. The average molecular weight is 490 g/mol. The van der Waals surface area contributed by atoms with Gasteiger partial charge < -0.3 is 10.8 Å². The fraction of sp³-hybridized carbons (Fsp3) is 0.103. The lowest BCUT2D eigenvalue weighted by Crippen LogP contribution is -2.41. The fourth-order valence-electron chi connectivity index (χ4n) is 5.08. The molecule has 0 saturated heterocycles. The van der Waals surface area contributed by atoms with Gasteiger partial charge in [0.05, 0.1) is 27.6 Å². The maximum Gasteiger partial charge on any atom is 0.332 e. The second-order valence-corrected chi connectivity index (χ2v) is 9.07. The molecule has 37 heavy (non-hydrogen) atoms. The molecule has 0 amide bonds. The van der Waals surface area contributed by atoms with Crippen LogP contribution in [0, 0.1) is 0 Å². The van der Waals surface area contributed by atoms with E-state index in [1.54, 1.807) is 0 Å². The molecule has 6 rings (SSSR count). The molecule has 0 aliphatic rings. The summed E-state index contributed by atoms with van der Waals surface area (Å²) in [6, 6.07) is 24.2. The number of nitrogen functional groups attached to an aromatic ring is 1. The number of hydrogen-bond acceptors (Lipinski definition) is 6. The number of hydrogen-bond donors (Lipinski definition) is 2. The van der Waals surface area contributed by atoms with Crippen LogP contribution in [0.25, 0.3) is 32.8 Å². The summed E-state index contributed by atoms with van der Waals surface area (Å²) >= 11 is 0. The highest BCUT2D eigenvalue weighted by Gasteiger charge is 2.31. The summed E-state index contributed by atoms with van der Waals surface area (Å²) in [7, 11) is 2.94. The van der Waals surface area contributed by atoms with Gasteiger partial charge >= 0.3 is 5.69 Å². The first-order chi connectivity index (χ1) is 17.9. The zero-order chi connectivity index (χ0) is 25.8. The van der Waals surface area contributed by atoms with Gasteiger partial charge in [-0.3, -0.25) is 13.9 Å². The molecule has 0 aliphatic heterocycles. The zero-order valence-corrected chi connectivity index (χ0v) is 20.2. The minimum atomic E-state index is -0.825. The lowest BCUT2D eigenvalue weighted by molar-refractivity contribution is 0.474. The van der Waals surface area contributed by atoms with Gasteiger partial charge in [-0.2, -0.15) is 0 Å². The van der Waals surface area contributed by atoms with Crippen molar-refractivity contribution in [1.82, 2.24) is 19.1 Å². The second kappa shape index (κ2) is 8.30. The fourth-order valence-corrected chi connectivity index (χ4v) is 5.08. The van der Waals surface area contributed by atoms with Crippen LogP contribution in [0.2, 0.25) is 0 Å². The number of phenolic OH excluding ortho intramolecular Hbond substituents is 1. The van der Waals surface area contributed by atoms with Gasteiger partial charge in [-0.05, 0) is 17.7 Å². The van der Waals surface area contributed by atoms with Crippen LogP contribution < -0.4 is 17.0 Å². The number of nitrogens with zero attached hydrogens (tertiary/aromatic N) is 4. The van der Waals surface area contributed by atoms with Crippen LogP contribution in [0.1, 0.15) is 22.6 Å². The number of para-hydroxylation sites is 2. The molecular formula is C29H23N5O3. The summed E-state index contributed by atoms with van der Waals surface area (Å²) in [5.74, 6) is -0.817. The molecule has 4 aromatic carbocycles. The Morgan fingerprint density at radius 1 is 0.730 bits per heavy atom. The van der Waals surface area contributed by atoms with Crippen LogP contribution in [-0.2, 0) is 14.1 Å². The lowest BCUT2D eigenvalue weighted by Gasteiger charge is -2.24. The van der Waals surface area contributed by atoms with E-state index in [0.29, 0.717) is 38.6 Å². The number of rotatable bonds is 3. The topological polar surface area (TPSA) is 116 Å². The third kappa shape index (κ3) is 3.30. The van der Waals surface area contributed by atoms with Crippen molar-refractivity contribution in [2.45, 2.75) is 5.92 Å². The third-order valence-electron chi connectivity index (χ3n) is 6.97. The predicted octanol–water partition coefficient (Wildman–Crippen LogP) is 3.80. The second-order valence-electron chi connectivity index (χ2n) is 9.07. The van der Waals surface area contributed by atoms with E-state index in [1.807, 2.05) is 78.9 Å². The van der Waals surface area contributed by atoms with Crippen LogP contribution >= 0.6 is 0 Å². The number of phenols is 1. The highest BCUT2D eigenvalue weighted by molar-refractivity contribution is 6.11. The van der Waals surface area contributed by atoms with E-state index < -0.39 is 17.2 Å². The Kier molecular flexibility index (Phi) is 5.05. The van der Waals surface area contributed by atoms with Gasteiger partial charge in [-0.15, -0.1) is 0 Å². The normalized spacial score (nSPS) is 12.4. The highest BCUT2D eigenvalue weighted by atomic mass is 16.3. The van der Waals surface area contributed by atoms with Gasteiger partial charge in [0.25, 0.3) is 5.56 Å². The first-order valence-electron chi connectivity index (χ1n) is 11.8. The van der Waals surface area contributed by atoms with Gasteiger partial charge in [0.2, 0.25) is 0 Å². The standard InChI is InChI=1S/C29H23N5O3/c1-33-27(30)23(28(36)34(2)29(33)37)21(16-10-4-3-5-11-16)22-25-24(17-12-6-7-13-18(17)26(22)35)31-19-14-8-9-15-20(19)32-25/h3-15,21,35H,30H2,1-2H3. The molecule has 8 nitrogen and oxygen atoms in total. The van der Waals surface area contributed by atoms with Crippen molar-refractivity contribution in [2.75, 3.05) is 5.73 Å². The quantitative estimate of drug-likeness (QED) is 0.289. The minimum Gasteiger partial charge on any atom is -0.507 e. The molecule has 1 unspecified atom stereocenters. The Balaban J connectivity index is 1.86. The molecule has 0 radical (unpaired) electrons. The molecule has 0 bridgehead atoms. The van der Waals surface area contributed by atoms with E-state index in [0.717, 1.165) is 9.95 Å². The molecule has 0 fully saturated rings. The Bertz CT molecular complexity index is 1980. The summed E-state index contributed by atoms with van der Waals surface area (Å²) < 4.78 is 2.27. The molecule has 2 heterocycles. The first-order valence-corrected chi connectivity index (χ1v) is 11.8. The van der Waals surface area contributed by atoms with Gasteiger partial charge in [-0.1, -0.05) is 66.7 Å². The first kappa shape index (κ1) is 22.5. The molecule has 6 aromatic rings. The van der Waals surface area contributed by atoms with E-state index in [1.165, 1.54) is 18.7 Å². The van der Waals surface area contributed by atoms with Gasteiger partial charge in [0.15, 0.2) is 0 Å². The van der Waals surface area contributed by atoms with E-state index >= 15 is 0 Å². The molecule has 0 saturated carbocycles. The Morgan fingerprint density at radius 2 is 1.30 bits per heavy atom. The maximum absolute atomic E-state index is 13.6. The molecule has 0 aliphatic carbocycles. The number of benzene rings is 4. The smallest absolute Gasteiger partial charge is 0.332 e. The molecule has 2 aromatic heterocycles. The molecule has 8 heteroatoms. The number of fused-ring (bicyclic) bond motifs is 4. The van der Waals surface area contributed by atoms with Crippen molar-refractivity contribution in [3.63, 3.8) is 0 Å². The van der Waals surface area contributed by atoms with Crippen LogP contribution in [0.15, 0.2) is 88.5 Å².